The van der Waals surface area contributed by atoms with Crippen LogP contribution in [0.2, 0.25) is 0 Å². The van der Waals surface area contributed by atoms with Crippen LogP contribution < -0.4 is 9.64 Å². The number of aryl methyl sites for hydroxylation is 1. The van der Waals surface area contributed by atoms with Crippen LogP contribution in [0.25, 0.3) is 11.3 Å². The van der Waals surface area contributed by atoms with Gasteiger partial charge in [-0.25, -0.2) is 0 Å². The van der Waals surface area contributed by atoms with Gasteiger partial charge in [0.05, 0.1) is 17.6 Å². The number of hydrogen-bond donors (Lipinski definition) is 0. The maximum Gasteiger partial charge on any atom is 0.137 e. The van der Waals surface area contributed by atoms with Crippen LogP contribution >= 0.6 is 0 Å². The van der Waals surface area contributed by atoms with Crippen molar-refractivity contribution in [2.75, 3.05) is 44.2 Å². The number of piperidine rings is 2. The van der Waals surface area contributed by atoms with Gasteiger partial charge in [-0.1, -0.05) is 27.7 Å². The molecule has 5 heteroatoms. The Balaban J connectivity index is 1.47. The van der Waals surface area contributed by atoms with Gasteiger partial charge in [-0.3, -0.25) is 14.9 Å². The Morgan fingerprint density at radius 3 is 2.39 bits per heavy atom. The topological polar surface area (TPSA) is 41.5 Å². The molecular formula is C28H42N4O. The lowest BCUT2D eigenvalue weighted by molar-refractivity contribution is 0.160. The van der Waals surface area contributed by atoms with Gasteiger partial charge in [0.15, 0.2) is 0 Å². The smallest absolute Gasteiger partial charge is 0.137 e. The zero-order valence-corrected chi connectivity index (χ0v) is 21.4. The summed E-state index contributed by atoms with van der Waals surface area (Å²) in [4.78, 5) is 14.6. The van der Waals surface area contributed by atoms with E-state index in [4.69, 9.17) is 14.7 Å². The van der Waals surface area contributed by atoms with Crippen molar-refractivity contribution in [3.05, 3.63) is 35.8 Å². The summed E-state index contributed by atoms with van der Waals surface area (Å²) in [6, 6.07) is 4.16. The molecule has 0 amide bonds. The molecule has 0 bridgehead atoms. The van der Waals surface area contributed by atoms with Crippen molar-refractivity contribution < 1.29 is 4.74 Å². The van der Waals surface area contributed by atoms with Crippen LogP contribution in [-0.2, 0) is 6.42 Å². The van der Waals surface area contributed by atoms with E-state index in [9.17, 15) is 0 Å². The summed E-state index contributed by atoms with van der Waals surface area (Å²) in [5.74, 6) is 1.71. The molecule has 5 nitrogen and oxygen atoms in total. The van der Waals surface area contributed by atoms with Crippen LogP contribution in [0.15, 0.2) is 24.5 Å². The molecule has 2 aromatic rings. The normalized spacial score (nSPS) is 19.6. The third-order valence-electron chi connectivity index (χ3n) is 7.72. The molecule has 2 aliphatic heterocycles. The number of nitrogens with zero attached hydrogens (tertiary/aromatic N) is 4. The van der Waals surface area contributed by atoms with E-state index in [-0.39, 0.29) is 0 Å². The quantitative estimate of drug-likeness (QED) is 0.537. The summed E-state index contributed by atoms with van der Waals surface area (Å²) >= 11 is 0. The Morgan fingerprint density at radius 2 is 1.76 bits per heavy atom. The monoisotopic (exact) mass is 450 g/mol. The van der Waals surface area contributed by atoms with Gasteiger partial charge in [0.1, 0.15) is 12.4 Å². The van der Waals surface area contributed by atoms with E-state index in [0.717, 1.165) is 61.3 Å². The number of anilines is 1. The SMILES string of the molecule is CCc1c(C)ncc(-c2ccc(OCCN3CCC(C)CC3)cn2)c1N1CCC(C)(C)CC1. The van der Waals surface area contributed by atoms with E-state index in [1.54, 1.807) is 0 Å². The molecule has 0 atom stereocenters. The number of aromatic nitrogens is 2. The molecule has 0 aliphatic carbocycles. The number of pyridine rings is 2. The predicted octanol–water partition coefficient (Wildman–Crippen LogP) is 5.75. The maximum atomic E-state index is 6.03. The minimum absolute atomic E-state index is 0.425. The van der Waals surface area contributed by atoms with Gasteiger partial charge in [0.2, 0.25) is 0 Å². The summed E-state index contributed by atoms with van der Waals surface area (Å²) in [5.41, 5.74) is 6.37. The minimum atomic E-state index is 0.425. The highest BCUT2D eigenvalue weighted by atomic mass is 16.5. The van der Waals surface area contributed by atoms with E-state index >= 15 is 0 Å². The fourth-order valence-corrected chi connectivity index (χ4v) is 5.15. The lowest BCUT2D eigenvalue weighted by Gasteiger charge is -2.40. The molecule has 0 aromatic carbocycles. The van der Waals surface area contributed by atoms with Gasteiger partial charge < -0.3 is 9.64 Å². The molecule has 0 radical (unpaired) electrons. The zero-order chi connectivity index (χ0) is 23.4. The van der Waals surface area contributed by atoms with Crippen molar-refractivity contribution >= 4 is 5.69 Å². The first-order chi connectivity index (χ1) is 15.9. The Hall–Kier alpha value is -2.14. The van der Waals surface area contributed by atoms with E-state index in [1.807, 2.05) is 12.4 Å². The first kappa shape index (κ1) is 24.0. The average Bonchev–Trinajstić information content (AvgIpc) is 2.81. The van der Waals surface area contributed by atoms with Crippen LogP contribution in [0.4, 0.5) is 5.69 Å². The Labute approximate surface area is 200 Å². The fraction of sp³-hybridized carbons (Fsp3) is 0.643. The van der Waals surface area contributed by atoms with Crippen LogP contribution in [0, 0.1) is 18.3 Å². The molecule has 0 saturated carbocycles. The van der Waals surface area contributed by atoms with Gasteiger partial charge in [-0.05, 0) is 81.1 Å². The second-order valence-corrected chi connectivity index (χ2v) is 10.8. The first-order valence-corrected chi connectivity index (χ1v) is 12.9. The molecule has 0 unspecified atom stereocenters. The minimum Gasteiger partial charge on any atom is -0.491 e. The summed E-state index contributed by atoms with van der Waals surface area (Å²) in [7, 11) is 0. The number of ether oxygens (including phenoxy) is 1. The molecule has 2 aliphatic rings. The second kappa shape index (κ2) is 10.4. The van der Waals surface area contributed by atoms with Crippen molar-refractivity contribution in [3.8, 4) is 17.0 Å². The summed E-state index contributed by atoms with van der Waals surface area (Å²) in [5, 5.41) is 0. The largest absolute Gasteiger partial charge is 0.491 e. The van der Waals surface area contributed by atoms with Crippen LogP contribution in [0.5, 0.6) is 5.75 Å². The molecule has 2 saturated heterocycles. The molecule has 33 heavy (non-hydrogen) atoms. The van der Waals surface area contributed by atoms with Crippen LogP contribution in [0.3, 0.4) is 0 Å². The fourth-order valence-electron chi connectivity index (χ4n) is 5.15. The van der Waals surface area contributed by atoms with E-state index in [0.29, 0.717) is 5.41 Å². The van der Waals surface area contributed by atoms with Gasteiger partial charge in [0.25, 0.3) is 0 Å². The molecule has 0 N–H and O–H groups in total. The lowest BCUT2D eigenvalue weighted by atomic mass is 9.82. The number of hydrogen-bond acceptors (Lipinski definition) is 5. The van der Waals surface area contributed by atoms with E-state index < -0.39 is 0 Å². The third kappa shape index (κ3) is 5.87. The van der Waals surface area contributed by atoms with E-state index in [2.05, 4.69) is 56.6 Å². The Morgan fingerprint density at radius 1 is 1.03 bits per heavy atom. The highest BCUT2D eigenvalue weighted by Gasteiger charge is 2.28. The molecule has 0 spiro atoms. The van der Waals surface area contributed by atoms with Crippen molar-refractivity contribution in [1.29, 1.82) is 0 Å². The second-order valence-electron chi connectivity index (χ2n) is 10.8. The van der Waals surface area contributed by atoms with Crippen molar-refractivity contribution in [1.82, 2.24) is 14.9 Å². The Bertz CT molecular complexity index is 906. The van der Waals surface area contributed by atoms with Gasteiger partial charge in [0, 0.05) is 37.1 Å². The highest BCUT2D eigenvalue weighted by molar-refractivity contribution is 5.79. The average molecular weight is 451 g/mol. The lowest BCUT2D eigenvalue weighted by Crippen LogP contribution is -2.38. The predicted molar refractivity (Wildman–Crippen MR) is 137 cm³/mol. The van der Waals surface area contributed by atoms with Crippen LogP contribution in [-0.4, -0.2) is 54.2 Å². The molecule has 2 aromatic heterocycles. The number of likely N-dealkylation sites (tertiary alicyclic amines) is 1. The van der Waals surface area contributed by atoms with Gasteiger partial charge in [-0.15, -0.1) is 0 Å². The first-order valence-electron chi connectivity index (χ1n) is 12.9. The summed E-state index contributed by atoms with van der Waals surface area (Å²) in [6.45, 7) is 17.8. The summed E-state index contributed by atoms with van der Waals surface area (Å²) in [6.07, 6.45) is 9.92. The highest BCUT2D eigenvalue weighted by Crippen LogP contribution is 2.39. The summed E-state index contributed by atoms with van der Waals surface area (Å²) < 4.78 is 6.03. The Kier molecular flexibility index (Phi) is 7.58. The molecular weight excluding hydrogens is 408 g/mol. The molecule has 4 rings (SSSR count). The van der Waals surface area contributed by atoms with E-state index in [1.165, 1.54) is 50.0 Å². The van der Waals surface area contributed by atoms with Gasteiger partial charge >= 0.3 is 0 Å². The number of rotatable bonds is 7. The third-order valence-corrected chi connectivity index (χ3v) is 7.72. The van der Waals surface area contributed by atoms with Crippen molar-refractivity contribution in [3.63, 3.8) is 0 Å². The van der Waals surface area contributed by atoms with Crippen LogP contribution in [0.1, 0.15) is 64.6 Å². The standard InChI is InChI=1S/C28H42N4O/c1-6-24-22(3)29-20-25(27(24)32-15-11-28(4,5)12-16-32)26-8-7-23(19-30-26)33-18-17-31-13-9-21(2)10-14-31/h7-8,19-21H,6,9-18H2,1-5H3. The van der Waals surface area contributed by atoms with Crippen molar-refractivity contribution in [2.45, 2.75) is 66.7 Å². The molecule has 180 valence electrons. The van der Waals surface area contributed by atoms with Crippen molar-refractivity contribution in [2.24, 2.45) is 11.3 Å². The van der Waals surface area contributed by atoms with Gasteiger partial charge in [-0.2, -0.15) is 0 Å². The molecule has 2 fully saturated rings. The maximum absolute atomic E-state index is 6.03. The zero-order valence-electron chi connectivity index (χ0n) is 21.4. The molecule has 4 heterocycles.